The molecule has 0 radical (unpaired) electrons. The first-order valence-electron chi connectivity index (χ1n) is 7.44. The molecule has 0 N–H and O–H groups in total. The van der Waals surface area contributed by atoms with Crippen LogP contribution in [0.15, 0.2) is 47.5 Å². The molecule has 0 aromatic heterocycles. The number of aryl methyl sites for hydroxylation is 2. The lowest BCUT2D eigenvalue weighted by atomic mass is 10.0. The van der Waals surface area contributed by atoms with Crippen LogP contribution in [0.1, 0.15) is 16.7 Å². The first-order valence-corrected chi connectivity index (χ1v) is 7.82. The molecule has 0 saturated heterocycles. The summed E-state index contributed by atoms with van der Waals surface area (Å²) in [6.07, 6.45) is 0. The van der Waals surface area contributed by atoms with Gasteiger partial charge in [-0.15, -0.1) is 0 Å². The highest BCUT2D eigenvalue weighted by atomic mass is 35.5. The fourth-order valence-corrected chi connectivity index (χ4v) is 2.89. The maximum Gasteiger partial charge on any atom is 0.277 e. The summed E-state index contributed by atoms with van der Waals surface area (Å²) in [6.45, 7) is 3.94. The van der Waals surface area contributed by atoms with Gasteiger partial charge < -0.3 is 4.74 Å². The quantitative estimate of drug-likeness (QED) is 0.797. The van der Waals surface area contributed by atoms with Gasteiger partial charge in [0.1, 0.15) is 10.8 Å². The topological polar surface area (TPSA) is 46.6 Å². The molecule has 2 aromatic carbocycles. The molecule has 0 spiro atoms. The average Bonchev–Trinajstić information content (AvgIpc) is 2.80. The van der Waals surface area contributed by atoms with E-state index < -0.39 is 11.8 Å². The van der Waals surface area contributed by atoms with E-state index in [0.29, 0.717) is 17.0 Å². The third kappa shape index (κ3) is 2.59. The summed E-state index contributed by atoms with van der Waals surface area (Å²) in [5.74, 6) is -0.287. The van der Waals surface area contributed by atoms with E-state index in [9.17, 15) is 9.59 Å². The van der Waals surface area contributed by atoms with E-state index in [2.05, 4.69) is 0 Å². The van der Waals surface area contributed by atoms with E-state index in [1.165, 1.54) is 0 Å². The fourth-order valence-electron chi connectivity index (χ4n) is 2.62. The van der Waals surface area contributed by atoms with Gasteiger partial charge in [-0.05, 0) is 54.8 Å². The summed E-state index contributed by atoms with van der Waals surface area (Å²) in [5.41, 5.74) is 3.49. The van der Waals surface area contributed by atoms with E-state index in [1.807, 2.05) is 32.0 Å². The summed E-state index contributed by atoms with van der Waals surface area (Å²) < 4.78 is 5.10. The Morgan fingerprint density at radius 3 is 2.17 bits per heavy atom. The molecule has 1 aliphatic rings. The number of methoxy groups -OCH3 is 1. The van der Waals surface area contributed by atoms with Crippen LogP contribution in [0.25, 0.3) is 5.57 Å². The SMILES string of the molecule is COc1ccc(N2C(=O)C(Cl)=C(c3ccc(C)c(C)c3)C2=O)cc1. The Balaban J connectivity index is 2.02. The van der Waals surface area contributed by atoms with Crippen LogP contribution in [-0.4, -0.2) is 18.9 Å². The maximum atomic E-state index is 12.8. The van der Waals surface area contributed by atoms with Gasteiger partial charge in [-0.3, -0.25) is 9.59 Å². The van der Waals surface area contributed by atoms with E-state index in [0.717, 1.165) is 16.0 Å². The van der Waals surface area contributed by atoms with Crippen molar-refractivity contribution in [3.63, 3.8) is 0 Å². The lowest BCUT2D eigenvalue weighted by molar-refractivity contribution is -0.119. The second kappa shape index (κ2) is 6.13. The third-order valence-corrected chi connectivity index (χ3v) is 4.50. The number of benzene rings is 2. The van der Waals surface area contributed by atoms with Crippen molar-refractivity contribution >= 4 is 34.7 Å². The Hall–Kier alpha value is -2.59. The molecular formula is C19H16ClNO3. The average molecular weight is 342 g/mol. The van der Waals surface area contributed by atoms with Crippen LogP contribution in [0, 0.1) is 13.8 Å². The second-order valence-electron chi connectivity index (χ2n) is 5.63. The smallest absolute Gasteiger partial charge is 0.277 e. The predicted octanol–water partition coefficient (Wildman–Crippen LogP) is 3.84. The van der Waals surface area contributed by atoms with Gasteiger partial charge >= 0.3 is 0 Å². The maximum absolute atomic E-state index is 12.8. The van der Waals surface area contributed by atoms with Crippen LogP contribution in [0.2, 0.25) is 0 Å². The molecule has 4 nitrogen and oxygen atoms in total. The van der Waals surface area contributed by atoms with E-state index in [1.54, 1.807) is 31.4 Å². The molecule has 3 rings (SSSR count). The number of nitrogens with zero attached hydrogens (tertiary/aromatic N) is 1. The van der Waals surface area contributed by atoms with Gasteiger partial charge in [-0.2, -0.15) is 0 Å². The van der Waals surface area contributed by atoms with Gasteiger partial charge in [0.15, 0.2) is 0 Å². The highest BCUT2D eigenvalue weighted by Crippen LogP contribution is 2.35. The van der Waals surface area contributed by atoms with Crippen LogP contribution in [0.3, 0.4) is 0 Å². The van der Waals surface area contributed by atoms with Gasteiger partial charge in [0.05, 0.1) is 18.4 Å². The van der Waals surface area contributed by atoms with Crippen molar-refractivity contribution in [1.29, 1.82) is 0 Å². The minimum atomic E-state index is -0.514. The van der Waals surface area contributed by atoms with E-state index in [-0.39, 0.29) is 10.6 Å². The van der Waals surface area contributed by atoms with Crippen LogP contribution in [0.4, 0.5) is 5.69 Å². The molecule has 1 aliphatic heterocycles. The van der Waals surface area contributed by atoms with Gasteiger partial charge in [-0.25, -0.2) is 4.90 Å². The number of amides is 2. The van der Waals surface area contributed by atoms with Crippen molar-refractivity contribution in [3.05, 3.63) is 64.2 Å². The summed E-state index contributed by atoms with van der Waals surface area (Å²) >= 11 is 6.20. The Bertz CT molecular complexity index is 869. The molecular weight excluding hydrogens is 326 g/mol. The van der Waals surface area contributed by atoms with Crippen molar-refractivity contribution in [1.82, 2.24) is 0 Å². The lowest BCUT2D eigenvalue weighted by Crippen LogP contribution is -2.31. The van der Waals surface area contributed by atoms with E-state index in [4.69, 9.17) is 16.3 Å². The van der Waals surface area contributed by atoms with Crippen molar-refractivity contribution < 1.29 is 14.3 Å². The molecule has 2 aromatic rings. The number of hydrogen-bond donors (Lipinski definition) is 0. The Labute approximate surface area is 145 Å². The first kappa shape index (κ1) is 16.3. The lowest BCUT2D eigenvalue weighted by Gasteiger charge is -2.15. The standard InChI is InChI=1S/C19H16ClNO3/c1-11-4-5-13(10-12(11)2)16-17(20)19(23)21(18(16)22)14-6-8-15(24-3)9-7-14/h4-10H,1-3H3. The Morgan fingerprint density at radius 2 is 1.58 bits per heavy atom. The van der Waals surface area contributed by atoms with Crippen molar-refractivity contribution in [3.8, 4) is 5.75 Å². The zero-order chi connectivity index (χ0) is 17.4. The normalized spacial score (nSPS) is 14.6. The van der Waals surface area contributed by atoms with E-state index >= 15 is 0 Å². The van der Waals surface area contributed by atoms with Crippen LogP contribution >= 0.6 is 11.6 Å². The van der Waals surface area contributed by atoms with Gasteiger partial charge in [0, 0.05) is 0 Å². The Morgan fingerprint density at radius 1 is 0.917 bits per heavy atom. The third-order valence-electron chi connectivity index (χ3n) is 4.15. The first-order chi connectivity index (χ1) is 11.4. The number of carbonyl (C=O) groups is 2. The second-order valence-corrected chi connectivity index (χ2v) is 6.01. The molecule has 122 valence electrons. The minimum Gasteiger partial charge on any atom is -0.497 e. The number of halogens is 1. The summed E-state index contributed by atoms with van der Waals surface area (Å²) in [7, 11) is 1.55. The van der Waals surface area contributed by atoms with Crippen molar-refractivity contribution in [2.45, 2.75) is 13.8 Å². The summed E-state index contributed by atoms with van der Waals surface area (Å²) in [4.78, 5) is 26.4. The molecule has 0 fully saturated rings. The number of carbonyl (C=O) groups excluding carboxylic acids is 2. The largest absolute Gasteiger partial charge is 0.497 e. The number of ether oxygens (including phenoxy) is 1. The van der Waals surface area contributed by atoms with Gasteiger partial charge in [0.25, 0.3) is 11.8 Å². The molecule has 0 aliphatic carbocycles. The van der Waals surface area contributed by atoms with Crippen LogP contribution in [-0.2, 0) is 9.59 Å². The number of imide groups is 1. The Kier molecular flexibility index (Phi) is 4.16. The van der Waals surface area contributed by atoms with Crippen molar-refractivity contribution in [2.24, 2.45) is 0 Å². The summed E-state index contributed by atoms with van der Waals surface area (Å²) in [5, 5.41) is -0.0564. The van der Waals surface area contributed by atoms with Crippen molar-refractivity contribution in [2.75, 3.05) is 12.0 Å². The number of anilines is 1. The molecule has 24 heavy (non-hydrogen) atoms. The molecule has 2 amide bonds. The highest BCUT2D eigenvalue weighted by Gasteiger charge is 2.39. The minimum absolute atomic E-state index is 0.0564. The zero-order valence-corrected chi connectivity index (χ0v) is 14.3. The summed E-state index contributed by atoms with van der Waals surface area (Å²) in [6, 6.07) is 12.3. The zero-order valence-electron chi connectivity index (χ0n) is 13.6. The molecule has 0 bridgehead atoms. The fraction of sp³-hybridized carbons (Fsp3) is 0.158. The molecule has 1 heterocycles. The van der Waals surface area contributed by atoms with Crippen LogP contribution < -0.4 is 9.64 Å². The van der Waals surface area contributed by atoms with Crippen LogP contribution in [0.5, 0.6) is 5.75 Å². The van der Waals surface area contributed by atoms with Gasteiger partial charge in [0.2, 0.25) is 0 Å². The molecule has 5 heteroatoms. The molecule has 0 unspecified atom stereocenters. The number of rotatable bonds is 3. The predicted molar refractivity (Wildman–Crippen MR) is 94.2 cm³/mol. The monoisotopic (exact) mass is 341 g/mol. The number of hydrogen-bond acceptors (Lipinski definition) is 3. The van der Waals surface area contributed by atoms with Gasteiger partial charge in [-0.1, -0.05) is 29.8 Å². The molecule has 0 saturated carbocycles. The highest BCUT2D eigenvalue weighted by molar-refractivity contribution is 6.60. The molecule has 0 atom stereocenters.